The van der Waals surface area contributed by atoms with Gasteiger partial charge in [0.15, 0.2) is 0 Å². The first-order valence-corrected chi connectivity index (χ1v) is 6.56. The summed E-state index contributed by atoms with van der Waals surface area (Å²) >= 11 is 6.04. The van der Waals surface area contributed by atoms with Crippen LogP contribution in [0.3, 0.4) is 0 Å². The SMILES string of the molecule is CCc1cccc(C(C)(N)c2cccc(Cl)c2)c1. The van der Waals surface area contributed by atoms with Gasteiger partial charge >= 0.3 is 0 Å². The van der Waals surface area contributed by atoms with Crippen molar-refractivity contribution in [3.05, 3.63) is 70.2 Å². The lowest BCUT2D eigenvalue weighted by molar-refractivity contribution is 0.602. The van der Waals surface area contributed by atoms with Crippen LogP contribution in [0.25, 0.3) is 0 Å². The first-order valence-electron chi connectivity index (χ1n) is 6.18. The largest absolute Gasteiger partial charge is 0.318 e. The van der Waals surface area contributed by atoms with Crippen LogP contribution in [-0.2, 0) is 12.0 Å². The Bertz CT molecular complexity index is 546. The van der Waals surface area contributed by atoms with Gasteiger partial charge in [-0.1, -0.05) is 54.9 Å². The number of nitrogens with two attached hydrogens (primary N) is 1. The lowest BCUT2D eigenvalue weighted by Crippen LogP contribution is -2.34. The normalized spacial score (nSPS) is 14.2. The van der Waals surface area contributed by atoms with Crippen LogP contribution in [0.4, 0.5) is 0 Å². The Labute approximate surface area is 114 Å². The number of benzene rings is 2. The van der Waals surface area contributed by atoms with E-state index in [0.29, 0.717) is 0 Å². The van der Waals surface area contributed by atoms with Crippen molar-refractivity contribution in [2.45, 2.75) is 25.8 Å². The van der Waals surface area contributed by atoms with E-state index in [2.05, 4.69) is 31.2 Å². The summed E-state index contributed by atoms with van der Waals surface area (Å²) in [6, 6.07) is 16.2. The Kier molecular flexibility index (Phi) is 3.74. The van der Waals surface area contributed by atoms with Gasteiger partial charge in [0.1, 0.15) is 0 Å². The molecule has 2 N–H and O–H groups in total. The summed E-state index contributed by atoms with van der Waals surface area (Å²) in [6.45, 7) is 4.17. The summed E-state index contributed by atoms with van der Waals surface area (Å²) < 4.78 is 0. The van der Waals surface area contributed by atoms with Gasteiger partial charge in [0.05, 0.1) is 5.54 Å². The van der Waals surface area contributed by atoms with E-state index in [9.17, 15) is 0 Å². The average molecular weight is 260 g/mol. The minimum atomic E-state index is -0.518. The second-order valence-electron chi connectivity index (χ2n) is 4.77. The van der Waals surface area contributed by atoms with Gasteiger partial charge in [0, 0.05) is 5.02 Å². The molecule has 2 aromatic carbocycles. The molecule has 2 aromatic rings. The van der Waals surface area contributed by atoms with Crippen molar-refractivity contribution in [2.24, 2.45) is 5.73 Å². The van der Waals surface area contributed by atoms with Gasteiger partial charge in [0.25, 0.3) is 0 Å². The summed E-state index contributed by atoms with van der Waals surface area (Å²) in [6.07, 6.45) is 1.01. The Hall–Kier alpha value is -1.31. The van der Waals surface area contributed by atoms with Crippen LogP contribution < -0.4 is 5.73 Å². The molecule has 0 aliphatic rings. The molecule has 0 heterocycles. The summed E-state index contributed by atoms with van der Waals surface area (Å²) in [5.74, 6) is 0. The topological polar surface area (TPSA) is 26.0 Å². The monoisotopic (exact) mass is 259 g/mol. The lowest BCUT2D eigenvalue weighted by atomic mass is 9.85. The average Bonchev–Trinajstić information content (AvgIpc) is 2.39. The molecule has 0 amide bonds. The van der Waals surface area contributed by atoms with E-state index in [0.717, 1.165) is 22.6 Å². The van der Waals surface area contributed by atoms with E-state index >= 15 is 0 Å². The number of hydrogen-bond donors (Lipinski definition) is 1. The molecule has 0 spiro atoms. The third-order valence-electron chi connectivity index (χ3n) is 3.36. The molecule has 0 saturated carbocycles. The van der Waals surface area contributed by atoms with E-state index < -0.39 is 5.54 Å². The standard InChI is InChI=1S/C16H18ClN/c1-3-12-6-4-7-13(10-12)16(2,18)14-8-5-9-15(17)11-14/h4-11H,3,18H2,1-2H3. The maximum Gasteiger partial charge on any atom is 0.0637 e. The van der Waals surface area contributed by atoms with Crippen molar-refractivity contribution in [1.29, 1.82) is 0 Å². The molecule has 0 saturated heterocycles. The minimum absolute atomic E-state index is 0.518. The highest BCUT2D eigenvalue weighted by Crippen LogP contribution is 2.28. The highest BCUT2D eigenvalue weighted by atomic mass is 35.5. The number of rotatable bonds is 3. The van der Waals surface area contributed by atoms with E-state index in [1.54, 1.807) is 0 Å². The van der Waals surface area contributed by atoms with Crippen molar-refractivity contribution < 1.29 is 0 Å². The molecule has 2 heteroatoms. The first kappa shape index (κ1) is 13.1. The number of hydrogen-bond acceptors (Lipinski definition) is 1. The Balaban J connectivity index is 2.46. The summed E-state index contributed by atoms with van der Waals surface area (Å²) in [4.78, 5) is 0. The second-order valence-corrected chi connectivity index (χ2v) is 5.20. The Morgan fingerprint density at radius 3 is 2.28 bits per heavy atom. The fraction of sp³-hybridized carbons (Fsp3) is 0.250. The highest BCUT2D eigenvalue weighted by Gasteiger charge is 2.23. The second kappa shape index (κ2) is 5.13. The zero-order chi connectivity index (χ0) is 13.2. The molecule has 94 valence electrons. The summed E-state index contributed by atoms with van der Waals surface area (Å²) in [7, 11) is 0. The lowest BCUT2D eigenvalue weighted by Gasteiger charge is -2.26. The number of aryl methyl sites for hydroxylation is 1. The van der Waals surface area contributed by atoms with Gasteiger partial charge in [-0.15, -0.1) is 0 Å². The van der Waals surface area contributed by atoms with Gasteiger partial charge in [-0.25, -0.2) is 0 Å². The summed E-state index contributed by atoms with van der Waals surface area (Å²) in [5.41, 5.74) is 9.42. The van der Waals surface area contributed by atoms with E-state index in [1.807, 2.05) is 31.2 Å². The van der Waals surface area contributed by atoms with Crippen molar-refractivity contribution >= 4 is 11.6 Å². The predicted octanol–water partition coefficient (Wildman–Crippen LogP) is 4.12. The van der Waals surface area contributed by atoms with Crippen molar-refractivity contribution in [3.63, 3.8) is 0 Å². The van der Waals surface area contributed by atoms with Crippen LogP contribution >= 0.6 is 11.6 Å². The first-order chi connectivity index (χ1) is 8.54. The van der Waals surface area contributed by atoms with Crippen LogP contribution in [-0.4, -0.2) is 0 Å². The maximum absolute atomic E-state index is 6.49. The van der Waals surface area contributed by atoms with E-state index in [1.165, 1.54) is 5.56 Å². The number of halogens is 1. The minimum Gasteiger partial charge on any atom is -0.318 e. The quantitative estimate of drug-likeness (QED) is 0.882. The van der Waals surface area contributed by atoms with Gasteiger partial charge in [0.2, 0.25) is 0 Å². The molecular formula is C16H18ClN. The van der Waals surface area contributed by atoms with Gasteiger partial charge in [-0.05, 0) is 42.2 Å². The molecular weight excluding hydrogens is 242 g/mol. The van der Waals surface area contributed by atoms with Crippen LogP contribution in [0.2, 0.25) is 5.02 Å². The van der Waals surface area contributed by atoms with Crippen molar-refractivity contribution in [3.8, 4) is 0 Å². The molecule has 2 rings (SSSR count). The summed E-state index contributed by atoms with van der Waals surface area (Å²) in [5, 5.41) is 0.718. The fourth-order valence-corrected chi connectivity index (χ4v) is 2.28. The van der Waals surface area contributed by atoms with Crippen LogP contribution in [0.15, 0.2) is 48.5 Å². The Morgan fingerprint density at radius 2 is 1.67 bits per heavy atom. The van der Waals surface area contributed by atoms with E-state index in [4.69, 9.17) is 17.3 Å². The molecule has 0 fully saturated rings. The zero-order valence-corrected chi connectivity index (χ0v) is 11.5. The maximum atomic E-state index is 6.49. The van der Waals surface area contributed by atoms with Crippen LogP contribution in [0.1, 0.15) is 30.5 Å². The third kappa shape index (κ3) is 2.58. The molecule has 0 aliphatic carbocycles. The van der Waals surface area contributed by atoms with Crippen LogP contribution in [0, 0.1) is 0 Å². The predicted molar refractivity (Wildman–Crippen MR) is 77.9 cm³/mol. The molecule has 0 aromatic heterocycles. The van der Waals surface area contributed by atoms with E-state index in [-0.39, 0.29) is 0 Å². The molecule has 1 nitrogen and oxygen atoms in total. The van der Waals surface area contributed by atoms with Crippen LogP contribution in [0.5, 0.6) is 0 Å². The molecule has 0 bridgehead atoms. The smallest absolute Gasteiger partial charge is 0.0637 e. The zero-order valence-electron chi connectivity index (χ0n) is 10.8. The molecule has 1 atom stereocenters. The van der Waals surface area contributed by atoms with Gasteiger partial charge in [-0.2, -0.15) is 0 Å². The van der Waals surface area contributed by atoms with Gasteiger partial charge in [-0.3, -0.25) is 0 Å². The third-order valence-corrected chi connectivity index (χ3v) is 3.59. The fourth-order valence-electron chi connectivity index (χ4n) is 2.09. The highest BCUT2D eigenvalue weighted by molar-refractivity contribution is 6.30. The molecule has 18 heavy (non-hydrogen) atoms. The molecule has 0 aliphatic heterocycles. The molecule has 0 radical (unpaired) electrons. The van der Waals surface area contributed by atoms with Crippen molar-refractivity contribution in [2.75, 3.05) is 0 Å². The Morgan fingerprint density at radius 1 is 1.06 bits per heavy atom. The molecule has 1 unspecified atom stereocenters. The van der Waals surface area contributed by atoms with Gasteiger partial charge < -0.3 is 5.73 Å². The van der Waals surface area contributed by atoms with Crippen molar-refractivity contribution in [1.82, 2.24) is 0 Å².